The van der Waals surface area contributed by atoms with Gasteiger partial charge in [0.1, 0.15) is 0 Å². The van der Waals surface area contributed by atoms with Crippen molar-refractivity contribution in [3.8, 4) is 5.69 Å². The van der Waals surface area contributed by atoms with E-state index in [0.29, 0.717) is 12.1 Å². The molecule has 3 rings (SSSR count). The first-order valence-electron chi connectivity index (χ1n) is 10.4. The molecule has 0 aliphatic carbocycles. The van der Waals surface area contributed by atoms with Crippen molar-refractivity contribution in [2.45, 2.75) is 24.7 Å². The van der Waals surface area contributed by atoms with Gasteiger partial charge in [-0.15, -0.1) is 0 Å². The summed E-state index contributed by atoms with van der Waals surface area (Å²) in [5, 5.41) is 7.42. The minimum absolute atomic E-state index is 0.0465. The summed E-state index contributed by atoms with van der Waals surface area (Å²) in [7, 11) is -2.20. The summed E-state index contributed by atoms with van der Waals surface area (Å²) >= 11 is 0. The van der Waals surface area contributed by atoms with E-state index in [1.807, 2.05) is 48.1 Å². The van der Waals surface area contributed by atoms with E-state index >= 15 is 0 Å². The highest BCUT2D eigenvalue weighted by molar-refractivity contribution is 7.89. The van der Waals surface area contributed by atoms with Gasteiger partial charge in [-0.2, -0.15) is 5.10 Å². The summed E-state index contributed by atoms with van der Waals surface area (Å²) in [6.45, 7) is 2.87. The topological polar surface area (TPSA) is 102 Å². The van der Waals surface area contributed by atoms with Crippen molar-refractivity contribution in [3.05, 3.63) is 77.6 Å². The lowest BCUT2D eigenvalue weighted by Crippen LogP contribution is -2.28. The van der Waals surface area contributed by atoms with Gasteiger partial charge >= 0.3 is 0 Å². The Morgan fingerprint density at radius 3 is 2.62 bits per heavy atom. The molecule has 9 heteroatoms. The first-order chi connectivity index (χ1) is 15.4. The van der Waals surface area contributed by atoms with Crippen molar-refractivity contribution >= 4 is 15.9 Å². The van der Waals surface area contributed by atoms with Gasteiger partial charge in [-0.1, -0.05) is 24.3 Å². The molecule has 0 saturated heterocycles. The van der Waals surface area contributed by atoms with Crippen molar-refractivity contribution in [1.29, 1.82) is 0 Å². The second-order valence-corrected chi connectivity index (χ2v) is 9.06. The average molecular weight is 457 g/mol. The SMILES string of the molecule is COCCNS(=O)(=O)c1cccc(C(=O)NCCCc2cn(-c3ccccc3)nc2C)c1. The minimum Gasteiger partial charge on any atom is -0.383 e. The standard InChI is InChI=1S/C23H28N4O4S/c1-18-20(17-27(26-18)21-10-4-3-5-11-21)9-7-13-24-23(28)19-8-6-12-22(16-19)32(29,30)25-14-15-31-2/h3-6,8,10-12,16-17,25H,7,9,13-15H2,1-2H3,(H,24,28). The lowest BCUT2D eigenvalue weighted by molar-refractivity contribution is 0.0953. The van der Waals surface area contributed by atoms with Crippen LogP contribution in [0.4, 0.5) is 0 Å². The Bertz CT molecular complexity index is 1140. The van der Waals surface area contributed by atoms with Crippen LogP contribution in [0.3, 0.4) is 0 Å². The number of hydrogen-bond acceptors (Lipinski definition) is 5. The molecular weight excluding hydrogens is 428 g/mol. The molecule has 0 fully saturated rings. The molecule has 0 atom stereocenters. The second-order valence-electron chi connectivity index (χ2n) is 7.30. The molecule has 2 aromatic carbocycles. The number of sulfonamides is 1. The molecule has 2 N–H and O–H groups in total. The number of nitrogens with zero attached hydrogens (tertiary/aromatic N) is 2. The molecule has 8 nitrogen and oxygen atoms in total. The molecule has 1 aromatic heterocycles. The van der Waals surface area contributed by atoms with Crippen LogP contribution < -0.4 is 10.0 Å². The number of ether oxygens (including phenoxy) is 1. The van der Waals surface area contributed by atoms with Gasteiger partial charge in [-0.3, -0.25) is 4.79 Å². The zero-order valence-electron chi connectivity index (χ0n) is 18.2. The Kier molecular flexibility index (Phi) is 8.15. The molecule has 0 bridgehead atoms. The molecule has 0 radical (unpaired) electrons. The largest absolute Gasteiger partial charge is 0.383 e. The van der Waals surface area contributed by atoms with Crippen LogP contribution in [0.2, 0.25) is 0 Å². The molecule has 1 amide bonds. The minimum atomic E-state index is -3.69. The third-order valence-corrected chi connectivity index (χ3v) is 6.39. The monoisotopic (exact) mass is 456 g/mol. The molecule has 3 aromatic rings. The number of aromatic nitrogens is 2. The van der Waals surface area contributed by atoms with Crippen LogP contribution >= 0.6 is 0 Å². The maximum absolute atomic E-state index is 12.5. The molecular formula is C23H28N4O4S. The molecule has 0 spiro atoms. The van der Waals surface area contributed by atoms with Gasteiger partial charge in [-0.05, 0) is 55.7 Å². The fourth-order valence-electron chi connectivity index (χ4n) is 3.20. The van der Waals surface area contributed by atoms with Crippen molar-refractivity contribution < 1.29 is 17.9 Å². The molecule has 0 saturated carbocycles. The van der Waals surface area contributed by atoms with Crippen molar-refractivity contribution in [2.24, 2.45) is 0 Å². The summed E-state index contributed by atoms with van der Waals surface area (Å²) in [5.41, 5.74) is 3.38. The van der Waals surface area contributed by atoms with Crippen molar-refractivity contribution in [1.82, 2.24) is 19.8 Å². The van der Waals surface area contributed by atoms with E-state index < -0.39 is 10.0 Å². The first-order valence-corrected chi connectivity index (χ1v) is 11.9. The van der Waals surface area contributed by atoms with E-state index in [-0.39, 0.29) is 24.0 Å². The number of amides is 1. The summed E-state index contributed by atoms with van der Waals surface area (Å²) in [6.07, 6.45) is 3.53. The summed E-state index contributed by atoms with van der Waals surface area (Å²) in [6, 6.07) is 15.9. The molecule has 0 aliphatic rings. The van der Waals surface area contributed by atoms with Gasteiger partial charge < -0.3 is 10.1 Å². The summed E-state index contributed by atoms with van der Waals surface area (Å²) in [4.78, 5) is 12.5. The normalized spacial score (nSPS) is 11.4. The fraction of sp³-hybridized carbons (Fsp3) is 0.304. The summed E-state index contributed by atoms with van der Waals surface area (Å²) in [5.74, 6) is -0.310. The number of aryl methyl sites for hydroxylation is 2. The molecule has 0 aliphatic heterocycles. The lowest BCUT2D eigenvalue weighted by atomic mass is 10.1. The molecule has 170 valence electrons. The van der Waals surface area contributed by atoms with Crippen LogP contribution in [0, 0.1) is 6.92 Å². The fourth-order valence-corrected chi connectivity index (χ4v) is 4.26. The van der Waals surface area contributed by atoms with Gasteiger partial charge in [0.05, 0.1) is 22.9 Å². The van der Waals surface area contributed by atoms with E-state index in [1.54, 1.807) is 12.1 Å². The van der Waals surface area contributed by atoms with E-state index in [9.17, 15) is 13.2 Å². The number of para-hydroxylation sites is 1. The highest BCUT2D eigenvalue weighted by Gasteiger charge is 2.16. The molecule has 0 unspecified atom stereocenters. The zero-order valence-corrected chi connectivity index (χ0v) is 19.1. The first kappa shape index (κ1) is 23.6. The van der Waals surface area contributed by atoms with E-state index in [4.69, 9.17) is 4.74 Å². The van der Waals surface area contributed by atoms with E-state index in [0.717, 1.165) is 29.8 Å². The predicted molar refractivity (Wildman–Crippen MR) is 122 cm³/mol. The highest BCUT2D eigenvalue weighted by atomic mass is 32.2. The lowest BCUT2D eigenvalue weighted by Gasteiger charge is -2.09. The van der Waals surface area contributed by atoms with Gasteiger partial charge in [0.2, 0.25) is 10.0 Å². The van der Waals surface area contributed by atoms with Crippen LogP contribution in [0.15, 0.2) is 65.7 Å². The van der Waals surface area contributed by atoms with Crippen LogP contribution in [-0.4, -0.2) is 50.9 Å². The number of nitrogens with one attached hydrogen (secondary N) is 2. The van der Waals surface area contributed by atoms with Crippen LogP contribution in [0.25, 0.3) is 5.69 Å². The number of rotatable bonds is 11. The van der Waals surface area contributed by atoms with Crippen molar-refractivity contribution in [3.63, 3.8) is 0 Å². The maximum atomic E-state index is 12.5. The third-order valence-electron chi connectivity index (χ3n) is 4.93. The predicted octanol–water partition coefficient (Wildman–Crippen LogP) is 2.47. The Morgan fingerprint density at radius 1 is 1.09 bits per heavy atom. The smallest absolute Gasteiger partial charge is 0.251 e. The second kappa shape index (κ2) is 11.0. The molecule has 32 heavy (non-hydrogen) atoms. The van der Waals surface area contributed by atoms with Crippen LogP contribution in [0.1, 0.15) is 28.0 Å². The van der Waals surface area contributed by atoms with Gasteiger partial charge in [0.25, 0.3) is 5.91 Å². The average Bonchev–Trinajstić information content (AvgIpc) is 3.18. The van der Waals surface area contributed by atoms with Gasteiger partial charge in [-0.25, -0.2) is 17.8 Å². The van der Waals surface area contributed by atoms with E-state index in [2.05, 4.69) is 15.1 Å². The Balaban J connectivity index is 1.53. The number of benzene rings is 2. The Morgan fingerprint density at radius 2 is 1.88 bits per heavy atom. The summed E-state index contributed by atoms with van der Waals surface area (Å²) < 4.78 is 33.8. The van der Waals surface area contributed by atoms with Crippen LogP contribution in [0.5, 0.6) is 0 Å². The quantitative estimate of drug-likeness (QED) is 0.432. The number of carbonyl (C=O) groups is 1. The van der Waals surface area contributed by atoms with Gasteiger partial charge in [0.15, 0.2) is 0 Å². The number of methoxy groups -OCH3 is 1. The number of carbonyl (C=O) groups excluding carboxylic acids is 1. The maximum Gasteiger partial charge on any atom is 0.251 e. The Hall–Kier alpha value is -3.01. The van der Waals surface area contributed by atoms with Crippen molar-refractivity contribution in [2.75, 3.05) is 26.8 Å². The zero-order chi connectivity index (χ0) is 23.0. The van der Waals surface area contributed by atoms with Crippen LogP contribution in [-0.2, 0) is 21.2 Å². The highest BCUT2D eigenvalue weighted by Crippen LogP contribution is 2.14. The van der Waals surface area contributed by atoms with Gasteiger partial charge in [0, 0.05) is 32.0 Å². The number of hydrogen-bond donors (Lipinski definition) is 2. The molecule has 1 heterocycles. The van der Waals surface area contributed by atoms with E-state index in [1.165, 1.54) is 19.2 Å². The Labute approximate surface area is 188 Å². The third kappa shape index (κ3) is 6.25.